The lowest BCUT2D eigenvalue weighted by atomic mass is 9.85. The van der Waals surface area contributed by atoms with Gasteiger partial charge in [0.15, 0.2) is 5.82 Å². The van der Waals surface area contributed by atoms with Crippen LogP contribution >= 0.6 is 0 Å². The average molecular weight is 321 g/mol. The lowest BCUT2D eigenvalue weighted by Gasteiger charge is -2.38. The Kier molecular flexibility index (Phi) is 3.96. The fourth-order valence-electron chi connectivity index (χ4n) is 3.12. The standard InChI is InChI=1S/C18H19N5O/c1-2-5-15(6-3-1)18(7-10-19-11-8-18)24-17-14-20-13-16(22-17)23-12-4-9-21-23/h1-6,9,12-14,19H,7-8,10-11H2. The van der Waals surface area contributed by atoms with Gasteiger partial charge in [0.05, 0.1) is 12.4 Å². The first kappa shape index (κ1) is 14.8. The van der Waals surface area contributed by atoms with E-state index in [2.05, 4.69) is 32.5 Å². The minimum atomic E-state index is -0.371. The van der Waals surface area contributed by atoms with E-state index in [1.165, 1.54) is 5.56 Å². The van der Waals surface area contributed by atoms with Gasteiger partial charge >= 0.3 is 0 Å². The number of aromatic nitrogens is 4. The third kappa shape index (κ3) is 2.88. The molecule has 2 aromatic heterocycles. The van der Waals surface area contributed by atoms with Crippen molar-refractivity contribution < 1.29 is 4.74 Å². The largest absolute Gasteiger partial charge is 0.465 e. The number of ether oxygens (including phenoxy) is 1. The molecule has 1 aromatic carbocycles. The van der Waals surface area contributed by atoms with Crippen molar-refractivity contribution in [3.05, 3.63) is 66.7 Å². The van der Waals surface area contributed by atoms with Crippen LogP contribution < -0.4 is 10.1 Å². The Bertz CT molecular complexity index is 782. The van der Waals surface area contributed by atoms with Gasteiger partial charge in [-0.15, -0.1) is 0 Å². The Morgan fingerprint density at radius 2 is 1.88 bits per heavy atom. The highest BCUT2D eigenvalue weighted by Crippen LogP contribution is 2.35. The van der Waals surface area contributed by atoms with Crippen LogP contribution in [0.3, 0.4) is 0 Å². The molecule has 0 radical (unpaired) electrons. The third-order valence-electron chi connectivity index (χ3n) is 4.35. The minimum absolute atomic E-state index is 0.371. The molecule has 122 valence electrons. The summed E-state index contributed by atoms with van der Waals surface area (Å²) in [5, 5.41) is 7.60. The van der Waals surface area contributed by atoms with Crippen molar-refractivity contribution in [3.63, 3.8) is 0 Å². The van der Waals surface area contributed by atoms with Gasteiger partial charge in [-0.05, 0) is 24.7 Å². The number of hydrogen-bond acceptors (Lipinski definition) is 5. The molecule has 6 heteroatoms. The van der Waals surface area contributed by atoms with Crippen LogP contribution in [0.5, 0.6) is 5.88 Å². The molecule has 3 aromatic rings. The van der Waals surface area contributed by atoms with Crippen molar-refractivity contribution in [2.75, 3.05) is 13.1 Å². The second-order valence-corrected chi connectivity index (χ2v) is 5.88. The molecule has 1 saturated heterocycles. The first-order chi connectivity index (χ1) is 11.9. The van der Waals surface area contributed by atoms with E-state index in [-0.39, 0.29) is 5.60 Å². The van der Waals surface area contributed by atoms with Crippen molar-refractivity contribution in [1.82, 2.24) is 25.1 Å². The SMILES string of the molecule is c1ccc(C2(Oc3cncc(-n4cccn4)n3)CCNCC2)cc1. The van der Waals surface area contributed by atoms with Gasteiger partial charge < -0.3 is 10.1 Å². The van der Waals surface area contributed by atoms with E-state index in [0.29, 0.717) is 11.7 Å². The lowest BCUT2D eigenvalue weighted by molar-refractivity contribution is 0.0282. The number of nitrogens with zero attached hydrogens (tertiary/aromatic N) is 4. The van der Waals surface area contributed by atoms with Crippen LogP contribution in [0.2, 0.25) is 0 Å². The number of benzene rings is 1. The molecule has 24 heavy (non-hydrogen) atoms. The fraction of sp³-hybridized carbons (Fsp3) is 0.278. The molecule has 3 heterocycles. The molecule has 4 rings (SSSR count). The lowest BCUT2D eigenvalue weighted by Crippen LogP contribution is -2.44. The summed E-state index contributed by atoms with van der Waals surface area (Å²) in [6.07, 6.45) is 8.69. The van der Waals surface area contributed by atoms with Gasteiger partial charge in [0.1, 0.15) is 5.60 Å². The van der Waals surface area contributed by atoms with Crippen LogP contribution in [0.25, 0.3) is 5.82 Å². The van der Waals surface area contributed by atoms with Gasteiger partial charge in [-0.3, -0.25) is 4.98 Å². The molecule has 0 bridgehead atoms. The van der Waals surface area contributed by atoms with Crippen molar-refractivity contribution >= 4 is 0 Å². The molecule has 0 atom stereocenters. The zero-order chi connectivity index (χ0) is 16.2. The second kappa shape index (κ2) is 6.41. The summed E-state index contributed by atoms with van der Waals surface area (Å²) in [5.41, 5.74) is 0.807. The van der Waals surface area contributed by atoms with Gasteiger partial charge in [-0.2, -0.15) is 10.1 Å². The van der Waals surface area contributed by atoms with Crippen molar-refractivity contribution in [1.29, 1.82) is 0 Å². The Balaban J connectivity index is 1.67. The van der Waals surface area contributed by atoms with Crippen LogP contribution in [-0.4, -0.2) is 32.8 Å². The van der Waals surface area contributed by atoms with Crippen LogP contribution in [0, 0.1) is 0 Å². The highest BCUT2D eigenvalue weighted by atomic mass is 16.5. The molecule has 0 spiro atoms. The van der Waals surface area contributed by atoms with Gasteiger partial charge in [0.25, 0.3) is 0 Å². The fourth-order valence-corrected chi connectivity index (χ4v) is 3.12. The summed E-state index contributed by atoms with van der Waals surface area (Å²) in [4.78, 5) is 8.84. The van der Waals surface area contributed by atoms with Crippen LogP contribution in [0.1, 0.15) is 18.4 Å². The van der Waals surface area contributed by atoms with Crippen molar-refractivity contribution in [2.24, 2.45) is 0 Å². The maximum absolute atomic E-state index is 6.41. The Labute approximate surface area is 140 Å². The number of hydrogen-bond donors (Lipinski definition) is 1. The van der Waals surface area contributed by atoms with E-state index in [1.807, 2.05) is 30.5 Å². The third-order valence-corrected chi connectivity index (χ3v) is 4.35. The summed E-state index contributed by atoms with van der Waals surface area (Å²) in [6.45, 7) is 1.84. The van der Waals surface area contributed by atoms with E-state index in [0.717, 1.165) is 25.9 Å². The number of rotatable bonds is 4. The average Bonchev–Trinajstić information content (AvgIpc) is 3.18. The summed E-state index contributed by atoms with van der Waals surface area (Å²) in [7, 11) is 0. The summed E-state index contributed by atoms with van der Waals surface area (Å²) in [6, 6.07) is 12.2. The van der Waals surface area contributed by atoms with Crippen LogP contribution in [-0.2, 0) is 5.60 Å². The quantitative estimate of drug-likeness (QED) is 0.799. The van der Waals surface area contributed by atoms with E-state index in [1.54, 1.807) is 23.3 Å². The Morgan fingerprint density at radius 3 is 2.62 bits per heavy atom. The van der Waals surface area contributed by atoms with Crippen LogP contribution in [0.15, 0.2) is 61.2 Å². The van der Waals surface area contributed by atoms with Gasteiger partial charge in [0.2, 0.25) is 5.88 Å². The van der Waals surface area contributed by atoms with E-state index >= 15 is 0 Å². The molecule has 0 saturated carbocycles. The van der Waals surface area contributed by atoms with E-state index < -0.39 is 0 Å². The molecule has 0 aliphatic carbocycles. The Hall–Kier alpha value is -2.73. The highest BCUT2D eigenvalue weighted by Gasteiger charge is 2.36. The summed E-state index contributed by atoms with van der Waals surface area (Å²) in [5.74, 6) is 1.17. The monoisotopic (exact) mass is 321 g/mol. The predicted octanol–water partition coefficient (Wildman–Crippen LogP) is 2.32. The zero-order valence-corrected chi connectivity index (χ0v) is 13.3. The molecule has 1 N–H and O–H groups in total. The molecule has 1 aliphatic heterocycles. The highest BCUT2D eigenvalue weighted by molar-refractivity contribution is 5.27. The van der Waals surface area contributed by atoms with Gasteiger partial charge in [-0.25, -0.2) is 4.68 Å². The normalized spacial score (nSPS) is 16.7. The maximum atomic E-state index is 6.41. The Morgan fingerprint density at radius 1 is 1.04 bits per heavy atom. The summed E-state index contributed by atoms with van der Waals surface area (Å²) < 4.78 is 8.09. The molecule has 1 aliphatic rings. The topological polar surface area (TPSA) is 64.9 Å². The maximum Gasteiger partial charge on any atom is 0.235 e. The molecular weight excluding hydrogens is 302 g/mol. The first-order valence-corrected chi connectivity index (χ1v) is 8.13. The zero-order valence-electron chi connectivity index (χ0n) is 13.3. The molecule has 1 fully saturated rings. The minimum Gasteiger partial charge on any atom is -0.465 e. The smallest absolute Gasteiger partial charge is 0.235 e. The van der Waals surface area contributed by atoms with E-state index in [9.17, 15) is 0 Å². The first-order valence-electron chi connectivity index (χ1n) is 8.13. The second-order valence-electron chi connectivity index (χ2n) is 5.88. The molecule has 6 nitrogen and oxygen atoms in total. The molecular formula is C18H19N5O. The number of piperidine rings is 1. The van der Waals surface area contributed by atoms with Crippen molar-refractivity contribution in [3.8, 4) is 11.7 Å². The molecule has 0 unspecified atom stereocenters. The van der Waals surface area contributed by atoms with Crippen LogP contribution in [0.4, 0.5) is 0 Å². The van der Waals surface area contributed by atoms with Gasteiger partial charge in [-0.1, -0.05) is 30.3 Å². The summed E-state index contributed by atoms with van der Waals surface area (Å²) >= 11 is 0. The molecule has 0 amide bonds. The van der Waals surface area contributed by atoms with Gasteiger partial charge in [0, 0.05) is 25.2 Å². The van der Waals surface area contributed by atoms with E-state index in [4.69, 9.17) is 4.74 Å². The number of nitrogens with one attached hydrogen (secondary N) is 1. The predicted molar refractivity (Wildman–Crippen MR) is 90.0 cm³/mol. The van der Waals surface area contributed by atoms with Crippen molar-refractivity contribution in [2.45, 2.75) is 18.4 Å².